The van der Waals surface area contributed by atoms with E-state index < -0.39 is 5.97 Å². The lowest BCUT2D eigenvalue weighted by molar-refractivity contribution is 0.0658. The first-order valence-corrected chi connectivity index (χ1v) is 8.36. The zero-order valence-electron chi connectivity index (χ0n) is 15.0. The number of benzene rings is 2. The molecule has 0 fully saturated rings. The number of amides is 1. The summed E-state index contributed by atoms with van der Waals surface area (Å²) in [6.07, 6.45) is 0. The van der Waals surface area contributed by atoms with Gasteiger partial charge in [-0.2, -0.15) is 0 Å². The summed E-state index contributed by atoms with van der Waals surface area (Å²) in [5, 5.41) is 11.7. The lowest BCUT2D eigenvalue weighted by Gasteiger charge is -2.10. The van der Waals surface area contributed by atoms with Gasteiger partial charge in [-0.25, -0.2) is 4.79 Å². The average molecular weight is 365 g/mol. The van der Waals surface area contributed by atoms with E-state index >= 15 is 0 Å². The van der Waals surface area contributed by atoms with E-state index in [1.165, 1.54) is 6.07 Å². The molecule has 0 saturated carbocycles. The smallest absolute Gasteiger partial charge is 0.371 e. The number of carboxylic acids is 1. The van der Waals surface area contributed by atoms with Crippen LogP contribution in [0.15, 0.2) is 59.0 Å². The Hall–Kier alpha value is -3.54. The van der Waals surface area contributed by atoms with Gasteiger partial charge in [-0.05, 0) is 61.9 Å². The fourth-order valence-corrected chi connectivity index (χ4v) is 2.58. The van der Waals surface area contributed by atoms with E-state index in [-0.39, 0.29) is 18.3 Å². The SMILES string of the molecule is Cc1ccc(NC(=O)c2ccc(OCc3ccc(C(=O)O)o3)cc2)c(C)c1. The Morgan fingerprint density at radius 3 is 2.41 bits per heavy atom. The molecule has 3 aromatic rings. The van der Waals surface area contributed by atoms with Crippen LogP contribution in [0.1, 0.15) is 37.8 Å². The maximum Gasteiger partial charge on any atom is 0.371 e. The van der Waals surface area contributed by atoms with Crippen molar-refractivity contribution in [2.45, 2.75) is 20.5 Å². The van der Waals surface area contributed by atoms with E-state index in [2.05, 4.69) is 5.32 Å². The number of anilines is 1. The zero-order valence-corrected chi connectivity index (χ0v) is 15.0. The molecule has 0 spiro atoms. The largest absolute Gasteiger partial charge is 0.486 e. The first kappa shape index (κ1) is 18.3. The number of ether oxygens (including phenoxy) is 1. The third-order valence-corrected chi connectivity index (χ3v) is 4.00. The molecular weight excluding hydrogens is 346 g/mol. The van der Waals surface area contributed by atoms with Gasteiger partial charge in [0, 0.05) is 11.3 Å². The van der Waals surface area contributed by atoms with Gasteiger partial charge >= 0.3 is 5.97 Å². The second kappa shape index (κ2) is 7.78. The summed E-state index contributed by atoms with van der Waals surface area (Å²) in [7, 11) is 0. The minimum absolute atomic E-state index is 0.0986. The lowest BCUT2D eigenvalue weighted by atomic mass is 10.1. The van der Waals surface area contributed by atoms with Crippen molar-refractivity contribution in [3.63, 3.8) is 0 Å². The molecule has 6 nitrogen and oxygen atoms in total. The number of aromatic carboxylic acids is 1. The van der Waals surface area contributed by atoms with Crippen LogP contribution in [0.5, 0.6) is 5.75 Å². The van der Waals surface area contributed by atoms with Crippen LogP contribution in [0, 0.1) is 13.8 Å². The van der Waals surface area contributed by atoms with Crippen LogP contribution >= 0.6 is 0 Å². The predicted octanol–water partition coefficient (Wildman–Crippen LogP) is 4.43. The molecule has 0 unspecified atom stereocenters. The van der Waals surface area contributed by atoms with Crippen LogP contribution in [0.25, 0.3) is 0 Å². The molecule has 1 aromatic heterocycles. The molecule has 1 heterocycles. The number of aryl methyl sites for hydroxylation is 2. The number of hydrogen-bond donors (Lipinski definition) is 2. The monoisotopic (exact) mass is 365 g/mol. The summed E-state index contributed by atoms with van der Waals surface area (Å²) in [5.41, 5.74) is 3.42. The zero-order chi connectivity index (χ0) is 19.4. The molecule has 3 rings (SSSR count). The van der Waals surface area contributed by atoms with Crippen LogP contribution in [0.2, 0.25) is 0 Å². The summed E-state index contributed by atoms with van der Waals surface area (Å²) >= 11 is 0. The number of carboxylic acid groups (broad SMARTS) is 1. The molecule has 1 amide bonds. The number of nitrogens with one attached hydrogen (secondary N) is 1. The molecule has 0 bridgehead atoms. The summed E-state index contributed by atoms with van der Waals surface area (Å²) < 4.78 is 10.7. The fourth-order valence-electron chi connectivity index (χ4n) is 2.58. The summed E-state index contributed by atoms with van der Waals surface area (Å²) in [6, 6.07) is 15.5. The molecule has 138 valence electrons. The number of rotatable bonds is 6. The van der Waals surface area contributed by atoms with Gasteiger partial charge in [0.15, 0.2) is 0 Å². The van der Waals surface area contributed by atoms with E-state index in [1.54, 1.807) is 30.3 Å². The van der Waals surface area contributed by atoms with E-state index in [1.807, 2.05) is 32.0 Å². The van der Waals surface area contributed by atoms with Crippen molar-refractivity contribution in [3.05, 3.63) is 82.8 Å². The molecule has 0 aliphatic carbocycles. The predicted molar refractivity (Wildman–Crippen MR) is 100 cm³/mol. The summed E-state index contributed by atoms with van der Waals surface area (Å²) in [5.74, 6) is -0.506. The Labute approximate surface area is 156 Å². The molecule has 0 atom stereocenters. The average Bonchev–Trinajstić information content (AvgIpc) is 3.12. The van der Waals surface area contributed by atoms with E-state index in [0.29, 0.717) is 17.1 Å². The molecule has 0 saturated heterocycles. The van der Waals surface area contributed by atoms with Crippen molar-refractivity contribution >= 4 is 17.6 Å². The highest BCUT2D eigenvalue weighted by atomic mass is 16.5. The third kappa shape index (κ3) is 4.55. The Morgan fingerprint density at radius 2 is 1.78 bits per heavy atom. The van der Waals surface area contributed by atoms with Crippen molar-refractivity contribution in [2.75, 3.05) is 5.32 Å². The molecule has 2 N–H and O–H groups in total. The highest BCUT2D eigenvalue weighted by molar-refractivity contribution is 6.04. The Bertz CT molecular complexity index is 972. The van der Waals surface area contributed by atoms with Gasteiger partial charge in [0.25, 0.3) is 5.91 Å². The molecule has 6 heteroatoms. The lowest BCUT2D eigenvalue weighted by Crippen LogP contribution is -2.12. The Morgan fingerprint density at radius 1 is 1.04 bits per heavy atom. The van der Waals surface area contributed by atoms with Crippen LogP contribution in [0.3, 0.4) is 0 Å². The highest BCUT2D eigenvalue weighted by Gasteiger charge is 2.10. The standard InChI is InChI=1S/C21H19NO5/c1-13-3-9-18(14(2)11-13)22-20(23)15-4-6-16(7-5-15)26-12-17-8-10-19(27-17)21(24)25/h3-11H,12H2,1-2H3,(H,22,23)(H,24,25). The van der Waals surface area contributed by atoms with E-state index in [4.69, 9.17) is 14.3 Å². The quantitative estimate of drug-likeness (QED) is 0.675. The molecule has 0 radical (unpaired) electrons. The van der Waals surface area contributed by atoms with Crippen molar-refractivity contribution in [2.24, 2.45) is 0 Å². The van der Waals surface area contributed by atoms with Gasteiger partial charge in [0.05, 0.1) is 0 Å². The van der Waals surface area contributed by atoms with Crippen molar-refractivity contribution in [3.8, 4) is 5.75 Å². The number of hydrogen-bond acceptors (Lipinski definition) is 4. The van der Waals surface area contributed by atoms with Crippen molar-refractivity contribution < 1.29 is 23.8 Å². The number of furan rings is 1. The van der Waals surface area contributed by atoms with Crippen LogP contribution in [0.4, 0.5) is 5.69 Å². The Balaban J connectivity index is 1.60. The van der Waals surface area contributed by atoms with E-state index in [0.717, 1.165) is 16.8 Å². The van der Waals surface area contributed by atoms with Gasteiger partial charge < -0.3 is 19.6 Å². The fraction of sp³-hybridized carbons (Fsp3) is 0.143. The highest BCUT2D eigenvalue weighted by Crippen LogP contribution is 2.19. The minimum Gasteiger partial charge on any atom is -0.486 e. The number of carbonyl (C=O) groups is 2. The first-order valence-electron chi connectivity index (χ1n) is 8.36. The van der Waals surface area contributed by atoms with Crippen LogP contribution < -0.4 is 10.1 Å². The van der Waals surface area contributed by atoms with Gasteiger partial charge in [-0.3, -0.25) is 4.79 Å². The molecular formula is C21H19NO5. The number of carbonyl (C=O) groups excluding carboxylic acids is 1. The molecule has 0 aliphatic heterocycles. The van der Waals surface area contributed by atoms with Gasteiger partial charge in [0.2, 0.25) is 5.76 Å². The molecule has 0 aliphatic rings. The van der Waals surface area contributed by atoms with E-state index in [9.17, 15) is 9.59 Å². The normalized spacial score (nSPS) is 10.4. The third-order valence-electron chi connectivity index (χ3n) is 4.00. The topological polar surface area (TPSA) is 88.8 Å². The molecule has 27 heavy (non-hydrogen) atoms. The van der Waals surface area contributed by atoms with Crippen LogP contribution in [-0.4, -0.2) is 17.0 Å². The minimum atomic E-state index is -1.12. The van der Waals surface area contributed by atoms with Gasteiger partial charge in [0.1, 0.15) is 18.1 Å². The summed E-state index contributed by atoms with van der Waals surface area (Å²) in [4.78, 5) is 23.2. The molecule has 2 aromatic carbocycles. The first-order chi connectivity index (χ1) is 12.9. The van der Waals surface area contributed by atoms with Crippen molar-refractivity contribution in [1.82, 2.24) is 0 Å². The summed E-state index contributed by atoms with van der Waals surface area (Å²) in [6.45, 7) is 4.05. The maximum atomic E-state index is 12.4. The second-order valence-corrected chi connectivity index (χ2v) is 6.16. The van der Waals surface area contributed by atoms with Gasteiger partial charge in [-0.15, -0.1) is 0 Å². The van der Waals surface area contributed by atoms with Gasteiger partial charge in [-0.1, -0.05) is 17.7 Å². The Kier molecular flexibility index (Phi) is 5.26. The van der Waals surface area contributed by atoms with Crippen molar-refractivity contribution in [1.29, 1.82) is 0 Å². The maximum absolute atomic E-state index is 12.4. The van der Waals surface area contributed by atoms with Crippen LogP contribution in [-0.2, 0) is 6.61 Å². The second-order valence-electron chi connectivity index (χ2n) is 6.16.